The largest absolute Gasteiger partial charge is 0.495 e. The molecule has 0 bridgehead atoms. The lowest BCUT2D eigenvalue weighted by molar-refractivity contribution is 0.104. The highest BCUT2D eigenvalue weighted by molar-refractivity contribution is 6.04. The van der Waals surface area contributed by atoms with Gasteiger partial charge in [-0.3, -0.25) is 4.79 Å². The molecule has 0 radical (unpaired) electrons. The SMILES string of the molecule is COc1cc(C(=O)/C=C/N2CCC(c3cc4ccccc4[nH]3)CC2)ccc1-n1cnc(C)c1. The Hall–Kier alpha value is -3.80. The number of aryl methyl sites for hydroxylation is 1. The van der Waals surface area contributed by atoms with E-state index in [1.54, 1.807) is 25.6 Å². The van der Waals surface area contributed by atoms with Gasteiger partial charge in [-0.25, -0.2) is 4.98 Å². The molecule has 1 aliphatic heterocycles. The van der Waals surface area contributed by atoms with Gasteiger partial charge in [0.15, 0.2) is 5.78 Å². The molecule has 0 saturated carbocycles. The van der Waals surface area contributed by atoms with Crippen LogP contribution in [0.25, 0.3) is 16.6 Å². The quantitative estimate of drug-likeness (QED) is 0.329. The molecule has 1 N–H and O–H groups in total. The Bertz CT molecular complexity index is 1280. The van der Waals surface area contributed by atoms with Crippen molar-refractivity contribution in [3.8, 4) is 11.4 Å². The van der Waals surface area contributed by atoms with Crippen molar-refractivity contribution in [3.63, 3.8) is 0 Å². The van der Waals surface area contributed by atoms with Gasteiger partial charge in [-0.15, -0.1) is 0 Å². The second kappa shape index (κ2) is 8.98. The van der Waals surface area contributed by atoms with E-state index < -0.39 is 0 Å². The molecule has 0 spiro atoms. The number of allylic oxidation sites excluding steroid dienone is 1. The summed E-state index contributed by atoms with van der Waals surface area (Å²) in [5.41, 5.74) is 4.91. The fourth-order valence-electron chi connectivity index (χ4n) is 4.54. The average Bonchev–Trinajstić information content (AvgIpc) is 3.48. The molecule has 2 aromatic carbocycles. The Balaban J connectivity index is 1.22. The standard InChI is InChI=1S/C27H28N4O2/c1-19-17-31(18-28-19)25-8-7-22(16-27(25)33-2)26(32)11-14-30-12-9-20(10-13-30)24-15-21-5-3-4-6-23(21)29-24/h3-8,11,14-18,20,29H,9-10,12-13H2,1-2H3/b14-11+. The van der Waals surface area contributed by atoms with Gasteiger partial charge in [0.05, 0.1) is 24.8 Å². The Morgan fingerprint density at radius 3 is 2.70 bits per heavy atom. The molecule has 0 aliphatic carbocycles. The zero-order chi connectivity index (χ0) is 22.8. The summed E-state index contributed by atoms with van der Waals surface area (Å²) in [6.45, 7) is 3.81. The van der Waals surface area contributed by atoms with E-state index >= 15 is 0 Å². The second-order valence-corrected chi connectivity index (χ2v) is 8.61. The van der Waals surface area contributed by atoms with Gasteiger partial charge in [0.2, 0.25) is 0 Å². The molecule has 4 aromatic rings. The summed E-state index contributed by atoms with van der Waals surface area (Å²) < 4.78 is 7.43. The molecule has 6 nitrogen and oxygen atoms in total. The number of carbonyl (C=O) groups excluding carboxylic acids is 1. The summed E-state index contributed by atoms with van der Waals surface area (Å²) >= 11 is 0. The number of rotatable bonds is 6. The minimum atomic E-state index is -0.0283. The van der Waals surface area contributed by atoms with E-state index in [4.69, 9.17) is 4.74 Å². The van der Waals surface area contributed by atoms with E-state index in [0.717, 1.165) is 37.3 Å². The normalized spacial score (nSPS) is 14.9. The molecule has 3 heterocycles. The predicted octanol–water partition coefficient (Wildman–Crippen LogP) is 5.25. The number of benzene rings is 2. The fraction of sp³-hybridized carbons (Fsp3) is 0.259. The van der Waals surface area contributed by atoms with E-state index in [0.29, 0.717) is 17.2 Å². The van der Waals surface area contributed by atoms with Gasteiger partial charge in [0.1, 0.15) is 5.75 Å². The Morgan fingerprint density at radius 1 is 1.15 bits per heavy atom. The van der Waals surface area contributed by atoms with E-state index in [1.165, 1.54) is 16.6 Å². The predicted molar refractivity (Wildman–Crippen MR) is 130 cm³/mol. The van der Waals surface area contributed by atoms with Crippen LogP contribution in [0.1, 0.15) is 40.5 Å². The minimum absolute atomic E-state index is 0.0283. The van der Waals surface area contributed by atoms with Crippen LogP contribution in [0.5, 0.6) is 5.75 Å². The number of imidazole rings is 1. The highest BCUT2D eigenvalue weighted by Gasteiger charge is 2.20. The van der Waals surface area contributed by atoms with Crippen LogP contribution in [0.4, 0.5) is 0 Å². The molecule has 168 valence electrons. The van der Waals surface area contributed by atoms with Crippen LogP contribution in [-0.4, -0.2) is 45.4 Å². The first kappa shape index (κ1) is 21.1. The fourth-order valence-corrected chi connectivity index (χ4v) is 4.54. The Morgan fingerprint density at radius 2 is 1.97 bits per heavy atom. The Kier molecular flexibility index (Phi) is 5.73. The van der Waals surface area contributed by atoms with Gasteiger partial charge in [0.25, 0.3) is 0 Å². The highest BCUT2D eigenvalue weighted by atomic mass is 16.5. The summed E-state index contributed by atoms with van der Waals surface area (Å²) in [5.74, 6) is 1.14. The third-order valence-corrected chi connectivity index (χ3v) is 6.41. The summed E-state index contributed by atoms with van der Waals surface area (Å²) in [6, 6.07) is 16.2. The number of likely N-dealkylation sites (tertiary alicyclic amines) is 1. The van der Waals surface area contributed by atoms with Crippen LogP contribution in [0.2, 0.25) is 0 Å². The summed E-state index contributed by atoms with van der Waals surface area (Å²) in [7, 11) is 1.62. The zero-order valence-electron chi connectivity index (χ0n) is 19.0. The number of H-pyrrole nitrogens is 1. The van der Waals surface area contributed by atoms with Gasteiger partial charge in [0, 0.05) is 54.3 Å². The third kappa shape index (κ3) is 4.42. The molecule has 2 aromatic heterocycles. The van der Waals surface area contributed by atoms with Crippen molar-refractivity contribution >= 4 is 16.7 Å². The first-order chi connectivity index (χ1) is 16.1. The molecular weight excluding hydrogens is 412 g/mol. The van der Waals surface area contributed by atoms with Gasteiger partial charge in [-0.2, -0.15) is 0 Å². The lowest BCUT2D eigenvalue weighted by atomic mass is 9.94. The maximum Gasteiger partial charge on any atom is 0.187 e. The van der Waals surface area contributed by atoms with Crippen LogP contribution in [0.15, 0.2) is 73.3 Å². The number of aromatic nitrogens is 3. The highest BCUT2D eigenvalue weighted by Crippen LogP contribution is 2.30. The van der Waals surface area contributed by atoms with Crippen molar-refractivity contribution < 1.29 is 9.53 Å². The van der Waals surface area contributed by atoms with E-state index in [2.05, 4.69) is 45.2 Å². The number of methoxy groups -OCH3 is 1. The number of ketones is 1. The lowest BCUT2D eigenvalue weighted by Crippen LogP contribution is -2.28. The number of para-hydroxylation sites is 1. The summed E-state index contributed by atoms with van der Waals surface area (Å²) in [4.78, 5) is 22.9. The number of nitrogens with zero attached hydrogens (tertiary/aromatic N) is 3. The van der Waals surface area contributed by atoms with E-state index in [1.807, 2.05) is 36.0 Å². The average molecular weight is 441 g/mol. The van der Waals surface area contributed by atoms with Gasteiger partial charge in [-0.05, 0) is 55.5 Å². The molecule has 0 atom stereocenters. The number of hydrogen-bond acceptors (Lipinski definition) is 4. The number of piperidine rings is 1. The number of ether oxygens (including phenoxy) is 1. The second-order valence-electron chi connectivity index (χ2n) is 8.61. The van der Waals surface area contributed by atoms with E-state index in [-0.39, 0.29) is 5.78 Å². The van der Waals surface area contributed by atoms with Crippen molar-refractivity contribution in [1.29, 1.82) is 0 Å². The number of aromatic amines is 1. The molecule has 1 saturated heterocycles. The van der Waals surface area contributed by atoms with Crippen LogP contribution in [0, 0.1) is 6.92 Å². The summed E-state index contributed by atoms with van der Waals surface area (Å²) in [5, 5.41) is 1.27. The topological polar surface area (TPSA) is 63.1 Å². The van der Waals surface area contributed by atoms with Gasteiger partial charge >= 0.3 is 0 Å². The first-order valence-corrected chi connectivity index (χ1v) is 11.3. The van der Waals surface area contributed by atoms with Crippen LogP contribution < -0.4 is 4.74 Å². The number of nitrogens with one attached hydrogen (secondary N) is 1. The van der Waals surface area contributed by atoms with Crippen LogP contribution in [0.3, 0.4) is 0 Å². The summed E-state index contributed by atoms with van der Waals surface area (Å²) in [6.07, 6.45) is 9.41. The number of carbonyl (C=O) groups is 1. The van der Waals surface area contributed by atoms with Crippen molar-refractivity contribution in [2.24, 2.45) is 0 Å². The zero-order valence-corrected chi connectivity index (χ0v) is 19.0. The van der Waals surface area contributed by atoms with Crippen molar-refractivity contribution in [2.75, 3.05) is 20.2 Å². The molecule has 1 aliphatic rings. The Labute approximate surface area is 193 Å². The van der Waals surface area contributed by atoms with Gasteiger partial charge in [-0.1, -0.05) is 18.2 Å². The maximum atomic E-state index is 12.8. The van der Waals surface area contributed by atoms with Gasteiger partial charge < -0.3 is 19.2 Å². The van der Waals surface area contributed by atoms with Crippen molar-refractivity contribution in [1.82, 2.24) is 19.4 Å². The minimum Gasteiger partial charge on any atom is -0.495 e. The lowest BCUT2D eigenvalue weighted by Gasteiger charge is -2.30. The molecular formula is C27H28N4O2. The number of fused-ring (bicyclic) bond motifs is 1. The van der Waals surface area contributed by atoms with Crippen LogP contribution in [-0.2, 0) is 0 Å². The first-order valence-electron chi connectivity index (χ1n) is 11.3. The van der Waals surface area contributed by atoms with Crippen molar-refractivity contribution in [2.45, 2.75) is 25.7 Å². The number of hydrogen-bond donors (Lipinski definition) is 1. The smallest absolute Gasteiger partial charge is 0.187 e. The molecule has 1 fully saturated rings. The monoisotopic (exact) mass is 440 g/mol. The van der Waals surface area contributed by atoms with Crippen LogP contribution >= 0.6 is 0 Å². The third-order valence-electron chi connectivity index (χ3n) is 6.41. The van der Waals surface area contributed by atoms with E-state index in [9.17, 15) is 4.79 Å². The molecule has 0 amide bonds. The molecule has 0 unspecified atom stereocenters. The maximum absolute atomic E-state index is 12.8. The molecule has 33 heavy (non-hydrogen) atoms. The molecule has 5 rings (SSSR count). The van der Waals surface area contributed by atoms with Crippen molar-refractivity contribution in [3.05, 3.63) is 90.3 Å². The molecule has 6 heteroatoms.